The number of pyridine rings is 1. The minimum atomic E-state index is -3.51. The van der Waals surface area contributed by atoms with Crippen molar-refractivity contribution >= 4 is 10.0 Å². The van der Waals surface area contributed by atoms with E-state index in [4.69, 9.17) is 5.73 Å². The van der Waals surface area contributed by atoms with E-state index in [0.717, 1.165) is 25.7 Å². The summed E-state index contributed by atoms with van der Waals surface area (Å²) in [5.41, 5.74) is 5.96. The Balaban J connectivity index is 2.14. The maximum absolute atomic E-state index is 12.4. The van der Waals surface area contributed by atoms with Crippen LogP contribution in [0.15, 0.2) is 23.2 Å². The summed E-state index contributed by atoms with van der Waals surface area (Å²) in [5, 5.41) is 0. The maximum atomic E-state index is 12.4. The van der Waals surface area contributed by atoms with E-state index in [1.165, 1.54) is 0 Å². The van der Waals surface area contributed by atoms with Crippen molar-refractivity contribution in [3.8, 4) is 0 Å². The number of hydrogen-bond donors (Lipinski definition) is 2. The highest BCUT2D eigenvalue weighted by molar-refractivity contribution is 7.89. The summed E-state index contributed by atoms with van der Waals surface area (Å²) in [7, 11) is -3.51. The van der Waals surface area contributed by atoms with E-state index >= 15 is 0 Å². The molecule has 2 rings (SSSR count). The standard InChI is InChI=1S/C13H21N3O2S/c1-10-4-6-11(7-5-10)16-19(17,18)13-3-2-8-15-12(13)9-14/h2-3,8,10-11,16H,4-7,9,14H2,1H3. The van der Waals surface area contributed by atoms with Gasteiger partial charge >= 0.3 is 0 Å². The fraction of sp³-hybridized carbons (Fsp3) is 0.615. The van der Waals surface area contributed by atoms with Crippen molar-refractivity contribution in [3.05, 3.63) is 24.0 Å². The fourth-order valence-corrected chi connectivity index (χ4v) is 3.99. The Bertz CT molecular complexity index is 522. The van der Waals surface area contributed by atoms with Crippen LogP contribution in [0.3, 0.4) is 0 Å². The minimum Gasteiger partial charge on any atom is -0.325 e. The van der Waals surface area contributed by atoms with Gasteiger partial charge in [-0.15, -0.1) is 0 Å². The van der Waals surface area contributed by atoms with E-state index in [1.54, 1.807) is 18.3 Å². The van der Waals surface area contributed by atoms with E-state index in [2.05, 4.69) is 16.6 Å². The molecule has 0 amide bonds. The fourth-order valence-electron chi connectivity index (χ4n) is 2.48. The molecule has 106 valence electrons. The van der Waals surface area contributed by atoms with Crippen LogP contribution < -0.4 is 10.5 Å². The van der Waals surface area contributed by atoms with Crippen molar-refractivity contribution in [1.29, 1.82) is 0 Å². The normalized spacial score (nSPS) is 24.3. The Hall–Kier alpha value is -0.980. The quantitative estimate of drug-likeness (QED) is 0.874. The molecule has 5 nitrogen and oxygen atoms in total. The second-order valence-electron chi connectivity index (χ2n) is 5.23. The largest absolute Gasteiger partial charge is 0.325 e. The van der Waals surface area contributed by atoms with Gasteiger partial charge in [0.25, 0.3) is 0 Å². The van der Waals surface area contributed by atoms with Gasteiger partial charge in [0.1, 0.15) is 4.90 Å². The molecule has 0 spiro atoms. The molecule has 3 N–H and O–H groups in total. The van der Waals surface area contributed by atoms with E-state index in [-0.39, 0.29) is 17.5 Å². The SMILES string of the molecule is CC1CCC(NS(=O)(=O)c2cccnc2CN)CC1. The Morgan fingerprint density at radius 3 is 2.68 bits per heavy atom. The van der Waals surface area contributed by atoms with Crippen molar-refractivity contribution < 1.29 is 8.42 Å². The highest BCUT2D eigenvalue weighted by atomic mass is 32.2. The van der Waals surface area contributed by atoms with Crippen LogP contribution in [0.4, 0.5) is 0 Å². The zero-order valence-electron chi connectivity index (χ0n) is 11.2. The molecular formula is C13H21N3O2S. The van der Waals surface area contributed by atoms with Gasteiger partial charge in [0.05, 0.1) is 5.69 Å². The minimum absolute atomic E-state index is 0.0343. The molecule has 0 saturated heterocycles. The summed E-state index contributed by atoms with van der Waals surface area (Å²) >= 11 is 0. The molecule has 1 heterocycles. The van der Waals surface area contributed by atoms with Gasteiger partial charge < -0.3 is 5.73 Å². The van der Waals surface area contributed by atoms with Gasteiger partial charge in [-0.2, -0.15) is 0 Å². The van der Waals surface area contributed by atoms with Gasteiger partial charge in [-0.3, -0.25) is 4.98 Å². The first kappa shape index (κ1) is 14.4. The van der Waals surface area contributed by atoms with Crippen LogP contribution in [0.1, 0.15) is 38.3 Å². The molecule has 1 saturated carbocycles. The average molecular weight is 283 g/mol. The monoisotopic (exact) mass is 283 g/mol. The lowest BCUT2D eigenvalue weighted by Gasteiger charge is -2.26. The molecule has 1 aliphatic carbocycles. The molecule has 1 fully saturated rings. The maximum Gasteiger partial charge on any atom is 0.242 e. The lowest BCUT2D eigenvalue weighted by Crippen LogP contribution is -2.37. The van der Waals surface area contributed by atoms with Crippen LogP contribution in [0.2, 0.25) is 0 Å². The molecule has 0 aliphatic heterocycles. The molecule has 0 bridgehead atoms. The van der Waals surface area contributed by atoms with Crippen molar-refractivity contribution in [3.63, 3.8) is 0 Å². The number of nitrogens with zero attached hydrogens (tertiary/aromatic N) is 1. The lowest BCUT2D eigenvalue weighted by molar-refractivity contribution is 0.332. The molecule has 1 aromatic heterocycles. The summed E-state index contributed by atoms with van der Waals surface area (Å²) < 4.78 is 27.5. The summed E-state index contributed by atoms with van der Waals surface area (Å²) in [4.78, 5) is 4.23. The summed E-state index contributed by atoms with van der Waals surface area (Å²) in [6.07, 6.45) is 5.51. The number of nitrogens with two attached hydrogens (primary N) is 1. The van der Waals surface area contributed by atoms with Crippen molar-refractivity contribution in [2.24, 2.45) is 11.7 Å². The highest BCUT2D eigenvalue weighted by Crippen LogP contribution is 2.25. The van der Waals surface area contributed by atoms with Gasteiger partial charge in [0.15, 0.2) is 0 Å². The predicted molar refractivity (Wildman–Crippen MR) is 73.9 cm³/mol. The van der Waals surface area contributed by atoms with E-state index < -0.39 is 10.0 Å². The first-order valence-corrected chi connectivity index (χ1v) is 8.17. The van der Waals surface area contributed by atoms with E-state index in [1.807, 2.05) is 0 Å². The van der Waals surface area contributed by atoms with Gasteiger partial charge in [0.2, 0.25) is 10.0 Å². The number of hydrogen-bond acceptors (Lipinski definition) is 4. The summed E-state index contributed by atoms with van der Waals surface area (Å²) in [6.45, 7) is 2.33. The van der Waals surface area contributed by atoms with Crippen molar-refractivity contribution in [2.75, 3.05) is 0 Å². The first-order valence-electron chi connectivity index (χ1n) is 6.69. The number of sulfonamides is 1. The third kappa shape index (κ3) is 3.52. The lowest BCUT2D eigenvalue weighted by atomic mass is 9.88. The molecule has 0 aromatic carbocycles. The number of nitrogens with one attached hydrogen (secondary N) is 1. The molecule has 1 aromatic rings. The predicted octanol–water partition coefficient (Wildman–Crippen LogP) is 1.40. The second-order valence-corrected chi connectivity index (χ2v) is 6.91. The molecular weight excluding hydrogens is 262 g/mol. The molecule has 0 atom stereocenters. The van der Waals surface area contributed by atoms with Crippen molar-refractivity contribution in [2.45, 2.75) is 50.1 Å². The molecule has 1 aliphatic rings. The Kier molecular flexibility index (Phi) is 4.54. The number of rotatable bonds is 4. The Morgan fingerprint density at radius 2 is 2.05 bits per heavy atom. The van der Waals surface area contributed by atoms with Gasteiger partial charge in [-0.05, 0) is 43.7 Å². The van der Waals surface area contributed by atoms with Crippen LogP contribution in [0.25, 0.3) is 0 Å². The van der Waals surface area contributed by atoms with E-state index in [0.29, 0.717) is 11.6 Å². The second kappa shape index (κ2) is 5.98. The zero-order chi connectivity index (χ0) is 13.9. The van der Waals surface area contributed by atoms with Crippen LogP contribution in [0.5, 0.6) is 0 Å². The Morgan fingerprint density at radius 1 is 1.37 bits per heavy atom. The summed E-state index contributed by atoms with van der Waals surface area (Å²) in [5.74, 6) is 0.693. The van der Waals surface area contributed by atoms with Gasteiger partial charge in [-0.1, -0.05) is 6.92 Å². The van der Waals surface area contributed by atoms with E-state index in [9.17, 15) is 8.42 Å². The van der Waals surface area contributed by atoms with Crippen molar-refractivity contribution in [1.82, 2.24) is 9.71 Å². The first-order chi connectivity index (χ1) is 9.03. The molecule has 0 unspecified atom stereocenters. The Labute approximate surface area is 114 Å². The third-order valence-electron chi connectivity index (χ3n) is 3.67. The van der Waals surface area contributed by atoms with Gasteiger partial charge in [-0.25, -0.2) is 13.1 Å². The van der Waals surface area contributed by atoms with Crippen LogP contribution in [0, 0.1) is 5.92 Å². The topological polar surface area (TPSA) is 85.1 Å². The molecule has 6 heteroatoms. The summed E-state index contributed by atoms with van der Waals surface area (Å²) in [6, 6.07) is 3.21. The molecule has 19 heavy (non-hydrogen) atoms. The average Bonchev–Trinajstić information content (AvgIpc) is 2.41. The van der Waals surface area contributed by atoms with Crippen LogP contribution in [-0.2, 0) is 16.6 Å². The smallest absolute Gasteiger partial charge is 0.242 e. The van der Waals surface area contributed by atoms with Gasteiger partial charge in [0, 0.05) is 18.8 Å². The highest BCUT2D eigenvalue weighted by Gasteiger charge is 2.25. The van der Waals surface area contributed by atoms with Crippen LogP contribution >= 0.6 is 0 Å². The van der Waals surface area contributed by atoms with Crippen LogP contribution in [-0.4, -0.2) is 19.4 Å². The zero-order valence-corrected chi connectivity index (χ0v) is 12.0. The molecule has 0 radical (unpaired) electrons. The number of aromatic nitrogens is 1. The third-order valence-corrected chi connectivity index (χ3v) is 5.26.